The van der Waals surface area contributed by atoms with E-state index in [0.717, 1.165) is 5.92 Å². The van der Waals surface area contributed by atoms with Crippen LogP contribution < -0.4 is 0 Å². The summed E-state index contributed by atoms with van der Waals surface area (Å²) in [6.45, 7) is 3.64. The monoisotopic (exact) mass is 345 g/mol. The minimum atomic E-state index is 0.214. The zero-order chi connectivity index (χ0) is 17.3. The first-order chi connectivity index (χ1) is 12.7. The Morgan fingerprint density at radius 2 is 1.81 bits per heavy atom. The Bertz CT molecular complexity index is 868. The summed E-state index contributed by atoms with van der Waals surface area (Å²) in [5.41, 5.74) is 6.25. The molecule has 2 heteroatoms. The van der Waals surface area contributed by atoms with E-state index in [1.807, 2.05) is 6.07 Å². The number of hydrogen-bond acceptors (Lipinski definition) is 2. The number of phenolic OH excluding ortho intramolecular Hbond substituents is 1. The van der Waals surface area contributed by atoms with Gasteiger partial charge in [0.15, 0.2) is 0 Å². The lowest BCUT2D eigenvalue weighted by atomic mass is 9.65. The maximum absolute atomic E-state index is 10.2. The van der Waals surface area contributed by atoms with E-state index in [2.05, 4.69) is 41.3 Å². The zero-order valence-corrected chi connectivity index (χ0v) is 15.3. The largest absolute Gasteiger partial charge is 0.508 e. The van der Waals surface area contributed by atoms with Crippen LogP contribution in [0.3, 0.4) is 0 Å². The molecule has 1 heterocycles. The summed E-state index contributed by atoms with van der Waals surface area (Å²) in [6, 6.07) is 15.3. The smallest absolute Gasteiger partial charge is 0.115 e. The predicted molar refractivity (Wildman–Crippen MR) is 104 cm³/mol. The lowest BCUT2D eigenvalue weighted by Crippen LogP contribution is -2.35. The van der Waals surface area contributed by atoms with Gasteiger partial charge in [0, 0.05) is 36.9 Å². The highest BCUT2D eigenvalue weighted by Crippen LogP contribution is 2.63. The summed E-state index contributed by atoms with van der Waals surface area (Å²) < 4.78 is 0. The number of phenols is 1. The van der Waals surface area contributed by atoms with Crippen molar-refractivity contribution in [1.82, 2.24) is 4.90 Å². The first-order valence-corrected chi connectivity index (χ1v) is 10.4. The minimum absolute atomic E-state index is 0.214. The van der Waals surface area contributed by atoms with Crippen LogP contribution in [-0.4, -0.2) is 29.6 Å². The fraction of sp³-hybridized carbons (Fsp3) is 0.500. The minimum Gasteiger partial charge on any atom is -0.508 e. The molecule has 1 spiro atoms. The van der Waals surface area contributed by atoms with Crippen molar-refractivity contribution in [2.45, 2.75) is 49.4 Å². The molecule has 3 aliphatic carbocycles. The molecule has 1 saturated carbocycles. The van der Waals surface area contributed by atoms with Crippen molar-refractivity contribution in [3.05, 3.63) is 64.7 Å². The third-order valence-electron chi connectivity index (χ3n) is 7.87. The van der Waals surface area contributed by atoms with E-state index >= 15 is 0 Å². The lowest BCUT2D eigenvalue weighted by Gasteiger charge is -2.37. The maximum Gasteiger partial charge on any atom is 0.115 e. The van der Waals surface area contributed by atoms with Gasteiger partial charge in [0.25, 0.3) is 0 Å². The van der Waals surface area contributed by atoms with Crippen molar-refractivity contribution in [3.63, 3.8) is 0 Å². The second kappa shape index (κ2) is 5.36. The molecule has 1 aliphatic heterocycles. The van der Waals surface area contributed by atoms with Crippen LogP contribution in [0.5, 0.6) is 5.75 Å². The molecule has 26 heavy (non-hydrogen) atoms. The number of aromatic hydroxyl groups is 1. The summed E-state index contributed by atoms with van der Waals surface area (Å²) >= 11 is 0. The van der Waals surface area contributed by atoms with Crippen LogP contribution in [0.15, 0.2) is 42.5 Å². The van der Waals surface area contributed by atoms with Crippen LogP contribution in [0.25, 0.3) is 0 Å². The molecule has 6 rings (SSSR count). The van der Waals surface area contributed by atoms with Crippen molar-refractivity contribution < 1.29 is 5.11 Å². The fourth-order valence-corrected chi connectivity index (χ4v) is 6.87. The van der Waals surface area contributed by atoms with Crippen LogP contribution in [0, 0.1) is 5.92 Å². The molecule has 2 aromatic carbocycles. The van der Waals surface area contributed by atoms with Gasteiger partial charge in [-0.05, 0) is 59.6 Å². The number of likely N-dealkylation sites (tertiary alicyclic amines) is 1. The molecule has 4 aliphatic rings. The number of fused-ring (bicyclic) bond motifs is 3. The molecule has 2 aromatic rings. The Morgan fingerprint density at radius 3 is 2.65 bits per heavy atom. The normalized spacial score (nSPS) is 32.5. The van der Waals surface area contributed by atoms with Gasteiger partial charge in [-0.3, -0.25) is 0 Å². The van der Waals surface area contributed by atoms with Crippen LogP contribution in [0.2, 0.25) is 0 Å². The highest BCUT2D eigenvalue weighted by Gasteiger charge is 2.58. The average Bonchev–Trinajstić information content (AvgIpc) is 3.35. The van der Waals surface area contributed by atoms with Gasteiger partial charge in [0.2, 0.25) is 0 Å². The third kappa shape index (κ3) is 1.97. The molecule has 1 N–H and O–H groups in total. The molecule has 1 saturated heterocycles. The molecule has 2 fully saturated rings. The predicted octanol–water partition coefficient (Wildman–Crippen LogP) is 4.77. The summed E-state index contributed by atoms with van der Waals surface area (Å²) in [5, 5.41) is 10.2. The van der Waals surface area contributed by atoms with Gasteiger partial charge >= 0.3 is 0 Å². The lowest BCUT2D eigenvalue weighted by molar-refractivity contribution is 0.260. The van der Waals surface area contributed by atoms with Gasteiger partial charge in [0.05, 0.1) is 0 Å². The Hall–Kier alpha value is -1.80. The topological polar surface area (TPSA) is 23.5 Å². The van der Waals surface area contributed by atoms with Gasteiger partial charge in [-0.1, -0.05) is 43.2 Å². The first-order valence-electron chi connectivity index (χ1n) is 10.4. The summed E-state index contributed by atoms with van der Waals surface area (Å²) in [4.78, 5) is 2.76. The average molecular weight is 345 g/mol. The van der Waals surface area contributed by atoms with Crippen LogP contribution in [0.1, 0.15) is 66.2 Å². The van der Waals surface area contributed by atoms with Gasteiger partial charge < -0.3 is 10.0 Å². The molecule has 0 radical (unpaired) electrons. The summed E-state index contributed by atoms with van der Waals surface area (Å²) in [5.74, 6) is 2.44. The van der Waals surface area contributed by atoms with Gasteiger partial charge in [-0.25, -0.2) is 0 Å². The second-order valence-electron chi connectivity index (χ2n) is 9.21. The van der Waals surface area contributed by atoms with E-state index in [0.29, 0.717) is 17.6 Å². The Morgan fingerprint density at radius 1 is 1.00 bits per heavy atom. The quantitative estimate of drug-likeness (QED) is 0.847. The molecule has 2 nitrogen and oxygen atoms in total. The number of nitrogens with zero attached hydrogens (tertiary/aromatic N) is 1. The standard InChI is InChI=1S/C24H27NO/c26-17-9-10-20-21-12-24(22(20)11-17)15-25(13-16-5-1-2-6-16)14-23(24)19-8-4-3-7-18(19)21/h3-4,7-11,16,21,23,26H,1-2,5-6,12-15H2. The number of hydrogen-bond donors (Lipinski definition) is 1. The van der Waals surface area contributed by atoms with E-state index in [1.165, 1.54) is 62.9 Å². The van der Waals surface area contributed by atoms with Crippen molar-refractivity contribution in [1.29, 1.82) is 0 Å². The number of benzene rings is 2. The van der Waals surface area contributed by atoms with Crippen LogP contribution >= 0.6 is 0 Å². The molecular formula is C24H27NO. The molecule has 3 atom stereocenters. The Kier molecular flexibility index (Phi) is 3.15. The highest BCUT2D eigenvalue weighted by molar-refractivity contribution is 5.59. The summed E-state index contributed by atoms with van der Waals surface area (Å²) in [6.07, 6.45) is 6.92. The molecule has 2 bridgehead atoms. The van der Waals surface area contributed by atoms with Crippen molar-refractivity contribution in [2.75, 3.05) is 19.6 Å². The second-order valence-corrected chi connectivity index (χ2v) is 9.21. The van der Waals surface area contributed by atoms with Crippen LogP contribution in [-0.2, 0) is 5.41 Å². The van der Waals surface area contributed by atoms with Crippen molar-refractivity contribution in [3.8, 4) is 5.75 Å². The summed E-state index contributed by atoms with van der Waals surface area (Å²) in [7, 11) is 0. The molecule has 3 unspecified atom stereocenters. The van der Waals surface area contributed by atoms with E-state index in [1.54, 1.807) is 11.1 Å². The van der Waals surface area contributed by atoms with E-state index in [9.17, 15) is 5.11 Å². The Labute approximate surface area is 155 Å². The van der Waals surface area contributed by atoms with Crippen molar-refractivity contribution >= 4 is 0 Å². The SMILES string of the molecule is Oc1ccc2c(c1)C13CC2c2ccccc2C1CN(CC1CCCC1)C3. The van der Waals surface area contributed by atoms with Crippen molar-refractivity contribution in [2.24, 2.45) is 5.92 Å². The zero-order valence-electron chi connectivity index (χ0n) is 15.3. The maximum atomic E-state index is 10.2. The molecule has 0 amide bonds. The molecular weight excluding hydrogens is 318 g/mol. The molecule has 134 valence electrons. The van der Waals surface area contributed by atoms with Gasteiger partial charge in [-0.2, -0.15) is 0 Å². The Balaban J connectivity index is 1.47. The third-order valence-corrected chi connectivity index (χ3v) is 7.87. The first kappa shape index (κ1) is 15.3. The van der Waals surface area contributed by atoms with E-state index in [4.69, 9.17) is 0 Å². The van der Waals surface area contributed by atoms with E-state index in [-0.39, 0.29) is 5.41 Å². The van der Waals surface area contributed by atoms with E-state index < -0.39 is 0 Å². The number of rotatable bonds is 2. The molecule has 0 aromatic heterocycles. The highest BCUT2D eigenvalue weighted by atomic mass is 16.3. The fourth-order valence-electron chi connectivity index (χ4n) is 6.87. The van der Waals surface area contributed by atoms with Gasteiger partial charge in [-0.15, -0.1) is 0 Å². The van der Waals surface area contributed by atoms with Crippen LogP contribution in [0.4, 0.5) is 0 Å². The van der Waals surface area contributed by atoms with Gasteiger partial charge in [0.1, 0.15) is 5.75 Å².